The quantitative estimate of drug-likeness (QED) is 0.124. The largest absolute Gasteiger partial charge is 0.508 e. The summed E-state index contributed by atoms with van der Waals surface area (Å²) >= 11 is 0.250. The Hall–Kier alpha value is -2.99. The minimum absolute atomic E-state index is 0.0187. The van der Waals surface area contributed by atoms with Crippen molar-refractivity contribution in [2.24, 2.45) is 35.0 Å². The van der Waals surface area contributed by atoms with Crippen molar-refractivity contribution in [1.29, 1.82) is 0 Å². The van der Waals surface area contributed by atoms with Crippen molar-refractivity contribution in [3.63, 3.8) is 0 Å². The molecule has 0 spiro atoms. The molecule has 6 aliphatic carbocycles. The molecule has 3 fully saturated rings. The normalized spacial score (nSPS) is 32.9. The van der Waals surface area contributed by atoms with E-state index in [1.54, 1.807) is 18.2 Å². The number of phenolic OH excluding ortho intramolecular Hbond substituents is 3. The first-order chi connectivity index (χ1) is 28.5. The van der Waals surface area contributed by atoms with Gasteiger partial charge in [-0.3, -0.25) is 0 Å². The van der Waals surface area contributed by atoms with E-state index in [1.165, 1.54) is 63.0 Å². The Bertz CT molecular complexity index is 1750. The van der Waals surface area contributed by atoms with E-state index in [1.807, 2.05) is 0 Å². The molecule has 9 rings (SSSR count). The van der Waals surface area contributed by atoms with Gasteiger partial charge in [0.2, 0.25) is 0 Å². The summed E-state index contributed by atoms with van der Waals surface area (Å²) in [5, 5.41) is 29.1. The van der Waals surface area contributed by atoms with Crippen LogP contribution in [0.4, 0.5) is 17.1 Å². The van der Waals surface area contributed by atoms with Crippen LogP contribution < -0.4 is 17.2 Å². The third-order valence-electron chi connectivity index (χ3n) is 15.8. The topological polar surface area (TPSA) is 139 Å². The van der Waals surface area contributed by atoms with E-state index < -0.39 is 0 Å². The Balaban J connectivity index is 0.000000146. The minimum Gasteiger partial charge on any atom is -0.508 e. The number of hydrogen-bond donors (Lipinski definition) is 6. The zero-order chi connectivity index (χ0) is 43.6. The van der Waals surface area contributed by atoms with Crippen LogP contribution in [0.2, 0.25) is 0 Å². The first-order valence-corrected chi connectivity index (χ1v) is 23.6. The number of aromatic hydroxyl groups is 3. The van der Waals surface area contributed by atoms with Crippen molar-refractivity contribution < 1.29 is 32.4 Å². The highest BCUT2D eigenvalue weighted by Crippen LogP contribution is 2.50. The molecule has 0 heterocycles. The molecule has 6 bridgehead atoms. The molecule has 0 amide bonds. The molecule has 9 atom stereocenters. The molecule has 0 radical (unpaired) electrons. The second kappa shape index (κ2) is 19.2. The maximum Gasteiger partial charge on any atom is 0.130 e. The molecular formula is C49H69F4N3O3S. The van der Waals surface area contributed by atoms with Crippen LogP contribution in [-0.4, -0.2) is 39.7 Å². The zero-order valence-corrected chi connectivity index (χ0v) is 37.0. The first kappa shape index (κ1) is 46.5. The molecule has 6 nitrogen and oxygen atoms in total. The lowest BCUT2D eigenvalue weighted by atomic mass is 9.60. The highest BCUT2D eigenvalue weighted by Gasteiger charge is 2.47. The van der Waals surface area contributed by atoms with Gasteiger partial charge in [-0.25, -0.2) is 13.2 Å². The lowest BCUT2D eigenvalue weighted by Crippen LogP contribution is -2.53. The molecule has 0 aliphatic heterocycles. The second-order valence-corrected chi connectivity index (χ2v) is 19.8. The molecule has 3 aromatic rings. The van der Waals surface area contributed by atoms with Gasteiger partial charge in [0, 0.05) is 71.0 Å². The Morgan fingerprint density at radius 2 is 0.733 bits per heavy atom. The average Bonchev–Trinajstić information content (AvgIpc) is 3.18. The van der Waals surface area contributed by atoms with Crippen molar-refractivity contribution in [2.45, 2.75) is 171 Å². The van der Waals surface area contributed by atoms with Crippen molar-refractivity contribution in [2.75, 3.05) is 6.26 Å². The summed E-state index contributed by atoms with van der Waals surface area (Å²) in [6, 6.07) is 9.11. The summed E-state index contributed by atoms with van der Waals surface area (Å²) in [5.74, 6) is 0.377. The van der Waals surface area contributed by atoms with Crippen LogP contribution in [-0.2, 0) is 35.5 Å². The fraction of sp³-hybridized carbons (Fsp3) is 0.633. The molecule has 0 aromatic heterocycles. The van der Waals surface area contributed by atoms with E-state index in [0.29, 0.717) is 17.8 Å². The molecule has 6 aliphatic rings. The highest BCUT2D eigenvalue weighted by molar-refractivity contribution is 7.93. The van der Waals surface area contributed by atoms with Crippen LogP contribution in [0.25, 0.3) is 0 Å². The van der Waals surface area contributed by atoms with Gasteiger partial charge in [-0.15, -0.1) is 0 Å². The number of nitrogens with two attached hydrogens (primary N) is 3. The monoisotopic (exact) mass is 855 g/mol. The SMILES string of the molecule is CSF.C[C@@]12CCCCCC(Cc3c(F)cc(O)cc31)[C@@H]2N.C[C@@]12CCCCC[C@@H](Cc3c(F)cc(O)cc31)[C@@H]2N.C[C@]12CCCCC[C@H](Cc3c(F)cc(O)cc31)[C@@H]2N. The maximum atomic E-state index is 14.2. The third-order valence-corrected chi connectivity index (χ3v) is 15.8. The van der Waals surface area contributed by atoms with Crippen LogP contribution in [0.15, 0.2) is 36.4 Å². The minimum atomic E-state index is -0.265. The van der Waals surface area contributed by atoms with Crippen LogP contribution in [0.5, 0.6) is 17.2 Å². The van der Waals surface area contributed by atoms with Gasteiger partial charge in [-0.1, -0.05) is 78.6 Å². The summed E-state index contributed by atoms with van der Waals surface area (Å²) in [6.07, 6.45) is 20.5. The number of rotatable bonds is 0. The number of halogens is 4. The van der Waals surface area contributed by atoms with Gasteiger partial charge in [0.1, 0.15) is 34.7 Å². The summed E-state index contributed by atoms with van der Waals surface area (Å²) < 4.78 is 52.7. The Kier molecular flexibility index (Phi) is 14.9. The summed E-state index contributed by atoms with van der Waals surface area (Å²) in [4.78, 5) is 0. The van der Waals surface area contributed by atoms with E-state index in [9.17, 15) is 32.4 Å². The van der Waals surface area contributed by atoms with Crippen LogP contribution in [0.3, 0.4) is 0 Å². The average molecular weight is 856 g/mol. The maximum absolute atomic E-state index is 14.2. The van der Waals surface area contributed by atoms with Gasteiger partial charge in [-0.2, -0.15) is 3.89 Å². The molecule has 0 saturated heterocycles. The third kappa shape index (κ3) is 9.21. The molecule has 1 unspecified atom stereocenters. The van der Waals surface area contributed by atoms with Gasteiger partial charge in [-0.05, 0) is 127 Å². The lowest BCUT2D eigenvalue weighted by molar-refractivity contribution is 0.198. The predicted octanol–water partition coefficient (Wildman–Crippen LogP) is 11.0. The van der Waals surface area contributed by atoms with Crippen molar-refractivity contribution >= 4 is 12.1 Å². The first-order valence-electron chi connectivity index (χ1n) is 22.5. The molecule has 332 valence electrons. The Morgan fingerprint density at radius 1 is 0.483 bits per heavy atom. The van der Waals surface area contributed by atoms with Crippen molar-refractivity contribution in [3.8, 4) is 17.2 Å². The second-order valence-electron chi connectivity index (χ2n) is 19.5. The number of phenols is 3. The molecule has 3 saturated carbocycles. The van der Waals surface area contributed by atoms with Crippen LogP contribution >= 0.6 is 12.1 Å². The molecule has 60 heavy (non-hydrogen) atoms. The number of benzene rings is 3. The lowest BCUT2D eigenvalue weighted by Gasteiger charge is -2.47. The van der Waals surface area contributed by atoms with Gasteiger partial charge < -0.3 is 32.5 Å². The van der Waals surface area contributed by atoms with Crippen molar-refractivity contribution in [3.05, 3.63) is 87.2 Å². The Morgan fingerprint density at radius 3 is 0.983 bits per heavy atom. The summed E-state index contributed by atoms with van der Waals surface area (Å²) in [6.45, 7) is 6.44. The molecule has 3 aromatic carbocycles. The summed E-state index contributed by atoms with van der Waals surface area (Å²) in [7, 11) is 0. The molecule has 9 N–H and O–H groups in total. The van der Waals surface area contributed by atoms with E-state index in [2.05, 4.69) is 20.8 Å². The van der Waals surface area contributed by atoms with E-state index >= 15 is 0 Å². The number of fused-ring (bicyclic) bond motifs is 12. The van der Waals surface area contributed by atoms with Crippen LogP contribution in [0.1, 0.15) is 150 Å². The zero-order valence-electron chi connectivity index (χ0n) is 36.1. The fourth-order valence-corrected chi connectivity index (χ4v) is 12.3. The van der Waals surface area contributed by atoms with Gasteiger partial charge in [0.15, 0.2) is 0 Å². The predicted molar refractivity (Wildman–Crippen MR) is 236 cm³/mol. The Labute approximate surface area is 359 Å². The van der Waals surface area contributed by atoms with E-state index in [4.69, 9.17) is 17.2 Å². The standard InChI is InChI=1S/3C16H22FNO.CH3FS/c3*1-16-6-4-2-3-5-10(15(16)18)7-12-13(16)8-11(19)9-14(12)17;1-3-2/h3*8-10,15,19H,2-7,18H2,1H3;1H3/t10?,15-,16+;10-,15+,16+;10-,15-,16+;/m010./s1. The fourth-order valence-electron chi connectivity index (χ4n) is 12.3. The smallest absolute Gasteiger partial charge is 0.130 e. The van der Waals surface area contributed by atoms with Crippen LogP contribution in [0, 0.1) is 35.2 Å². The van der Waals surface area contributed by atoms with Gasteiger partial charge >= 0.3 is 0 Å². The summed E-state index contributed by atoms with van der Waals surface area (Å²) in [5.41, 5.74) is 24.1. The van der Waals surface area contributed by atoms with Gasteiger partial charge in [0.25, 0.3) is 0 Å². The van der Waals surface area contributed by atoms with E-state index in [-0.39, 0.29) is 81.2 Å². The van der Waals surface area contributed by atoms with E-state index in [0.717, 1.165) is 110 Å². The highest BCUT2D eigenvalue weighted by atomic mass is 32.2. The van der Waals surface area contributed by atoms with Crippen molar-refractivity contribution in [1.82, 2.24) is 0 Å². The molecule has 11 heteroatoms. The van der Waals surface area contributed by atoms with Gasteiger partial charge in [0.05, 0.1) is 0 Å². The molecular weight excluding hydrogens is 787 g/mol. The number of hydrogen-bond acceptors (Lipinski definition) is 7.